The highest BCUT2D eigenvalue weighted by Crippen LogP contribution is 2.29. The van der Waals surface area contributed by atoms with E-state index in [1.807, 2.05) is 0 Å². The van der Waals surface area contributed by atoms with E-state index >= 15 is 0 Å². The number of carboxylic acid groups (broad SMARTS) is 1. The number of nitro groups is 1. The molecule has 0 unspecified atom stereocenters. The average Bonchev–Trinajstić information content (AvgIpc) is 2.08. The third kappa shape index (κ3) is 1.69. The molecule has 0 saturated heterocycles. The molecule has 0 amide bonds. The Bertz CT molecular complexity index is 416. The molecule has 0 aliphatic rings. The SMILES string of the molecule is Cc1ccc(C(=O)O)c([N+](=O)[O-])c1S. The van der Waals surface area contributed by atoms with Crippen LogP contribution in [0.1, 0.15) is 15.9 Å². The van der Waals surface area contributed by atoms with Crippen LogP contribution in [-0.4, -0.2) is 16.0 Å². The van der Waals surface area contributed by atoms with E-state index in [1.54, 1.807) is 6.92 Å². The molecule has 0 bridgehead atoms. The minimum absolute atomic E-state index is 0.0925. The number of carboxylic acids is 1. The summed E-state index contributed by atoms with van der Waals surface area (Å²) in [6.45, 7) is 1.63. The zero-order valence-corrected chi connectivity index (χ0v) is 8.12. The molecule has 6 heteroatoms. The number of nitrogens with zero attached hydrogens (tertiary/aromatic N) is 1. The molecule has 5 nitrogen and oxygen atoms in total. The van der Waals surface area contributed by atoms with Crippen LogP contribution in [0.25, 0.3) is 0 Å². The van der Waals surface area contributed by atoms with E-state index in [2.05, 4.69) is 12.6 Å². The number of thiol groups is 1. The minimum Gasteiger partial charge on any atom is -0.477 e. The zero-order chi connectivity index (χ0) is 10.9. The lowest BCUT2D eigenvalue weighted by molar-refractivity contribution is -0.388. The van der Waals surface area contributed by atoms with Gasteiger partial charge in [0, 0.05) is 0 Å². The lowest BCUT2D eigenvalue weighted by Crippen LogP contribution is -2.04. The van der Waals surface area contributed by atoms with Gasteiger partial charge < -0.3 is 5.11 Å². The van der Waals surface area contributed by atoms with Crippen molar-refractivity contribution in [1.29, 1.82) is 0 Å². The van der Waals surface area contributed by atoms with Crippen molar-refractivity contribution in [2.45, 2.75) is 11.8 Å². The molecule has 0 aliphatic heterocycles. The van der Waals surface area contributed by atoms with Gasteiger partial charge in [-0.3, -0.25) is 10.1 Å². The molecule has 1 N–H and O–H groups in total. The summed E-state index contributed by atoms with van der Waals surface area (Å²) in [5.74, 6) is -1.33. The van der Waals surface area contributed by atoms with E-state index in [9.17, 15) is 14.9 Å². The van der Waals surface area contributed by atoms with Crippen molar-refractivity contribution in [2.75, 3.05) is 0 Å². The molecule has 0 spiro atoms. The number of nitro benzene ring substituents is 1. The summed E-state index contributed by atoms with van der Waals surface area (Å²) < 4.78 is 0. The first-order valence-electron chi connectivity index (χ1n) is 3.65. The largest absolute Gasteiger partial charge is 0.477 e. The number of hydrogen-bond donors (Lipinski definition) is 2. The first-order valence-corrected chi connectivity index (χ1v) is 4.10. The van der Waals surface area contributed by atoms with Crippen LogP contribution in [-0.2, 0) is 0 Å². The maximum absolute atomic E-state index is 10.7. The Balaban J connectivity index is 3.53. The second kappa shape index (κ2) is 3.67. The zero-order valence-electron chi connectivity index (χ0n) is 7.22. The van der Waals surface area contributed by atoms with Gasteiger partial charge in [0.1, 0.15) is 5.56 Å². The van der Waals surface area contributed by atoms with Crippen LogP contribution in [0.5, 0.6) is 0 Å². The van der Waals surface area contributed by atoms with E-state index in [4.69, 9.17) is 5.11 Å². The van der Waals surface area contributed by atoms with Crippen LogP contribution >= 0.6 is 12.6 Å². The summed E-state index contributed by atoms with van der Waals surface area (Å²) in [5, 5.41) is 19.3. The molecule has 74 valence electrons. The van der Waals surface area contributed by atoms with Gasteiger partial charge in [-0.15, -0.1) is 12.6 Å². The van der Waals surface area contributed by atoms with E-state index in [0.717, 1.165) is 0 Å². The number of aryl methyl sites for hydroxylation is 1. The Labute approximate surface area is 84.9 Å². The molecular weight excluding hydrogens is 206 g/mol. The van der Waals surface area contributed by atoms with Gasteiger partial charge in [-0.2, -0.15) is 0 Å². The summed E-state index contributed by atoms with van der Waals surface area (Å²) in [7, 11) is 0. The number of rotatable bonds is 2. The van der Waals surface area contributed by atoms with Gasteiger partial charge in [-0.05, 0) is 18.6 Å². The molecule has 0 aromatic heterocycles. The summed E-state index contributed by atoms with van der Waals surface area (Å²) in [5.41, 5.74) is -0.225. The molecule has 1 aromatic rings. The van der Waals surface area contributed by atoms with Gasteiger partial charge in [0.15, 0.2) is 0 Å². The molecule has 14 heavy (non-hydrogen) atoms. The quantitative estimate of drug-likeness (QED) is 0.446. The molecule has 0 radical (unpaired) electrons. The van der Waals surface area contributed by atoms with E-state index in [-0.39, 0.29) is 10.5 Å². The van der Waals surface area contributed by atoms with Crippen molar-refractivity contribution in [3.05, 3.63) is 33.4 Å². The highest BCUT2D eigenvalue weighted by atomic mass is 32.1. The van der Waals surface area contributed by atoms with E-state index < -0.39 is 16.6 Å². The average molecular weight is 213 g/mol. The molecule has 1 aromatic carbocycles. The lowest BCUT2D eigenvalue weighted by atomic mass is 10.1. The van der Waals surface area contributed by atoms with Crippen molar-refractivity contribution < 1.29 is 14.8 Å². The Hall–Kier alpha value is -1.56. The predicted octanol–water partition coefficient (Wildman–Crippen LogP) is 1.89. The standard InChI is InChI=1S/C8H7NO4S/c1-4-2-3-5(8(10)11)6(7(4)14)9(12)13/h2-3,14H,1H3,(H,10,11). The summed E-state index contributed by atoms with van der Waals surface area (Å²) in [6, 6.07) is 2.69. The summed E-state index contributed by atoms with van der Waals surface area (Å²) in [6.07, 6.45) is 0. The first-order chi connectivity index (χ1) is 6.45. The Morgan fingerprint density at radius 1 is 1.57 bits per heavy atom. The second-order valence-electron chi connectivity index (χ2n) is 2.69. The Kier molecular flexibility index (Phi) is 2.76. The van der Waals surface area contributed by atoms with Crippen molar-refractivity contribution in [3.63, 3.8) is 0 Å². The van der Waals surface area contributed by atoms with Crippen LogP contribution in [0.2, 0.25) is 0 Å². The van der Waals surface area contributed by atoms with Crippen molar-refractivity contribution >= 4 is 24.3 Å². The Morgan fingerprint density at radius 3 is 2.57 bits per heavy atom. The van der Waals surface area contributed by atoms with Gasteiger partial charge in [0.2, 0.25) is 0 Å². The van der Waals surface area contributed by atoms with Gasteiger partial charge in [-0.25, -0.2) is 4.79 Å². The fourth-order valence-electron chi connectivity index (χ4n) is 1.04. The maximum Gasteiger partial charge on any atom is 0.342 e. The first kappa shape index (κ1) is 10.5. The molecule has 0 atom stereocenters. The molecule has 0 fully saturated rings. The van der Waals surface area contributed by atoms with Gasteiger partial charge >= 0.3 is 5.97 Å². The van der Waals surface area contributed by atoms with Crippen molar-refractivity contribution in [1.82, 2.24) is 0 Å². The van der Waals surface area contributed by atoms with Crippen LogP contribution < -0.4 is 0 Å². The van der Waals surface area contributed by atoms with Crippen molar-refractivity contribution in [3.8, 4) is 0 Å². The van der Waals surface area contributed by atoms with Crippen LogP contribution in [0.15, 0.2) is 17.0 Å². The van der Waals surface area contributed by atoms with Crippen molar-refractivity contribution in [2.24, 2.45) is 0 Å². The van der Waals surface area contributed by atoms with E-state index in [1.165, 1.54) is 12.1 Å². The number of carbonyl (C=O) groups is 1. The van der Waals surface area contributed by atoms with Crippen LogP contribution in [0.3, 0.4) is 0 Å². The molecular formula is C8H7NO4S. The second-order valence-corrected chi connectivity index (χ2v) is 3.14. The number of aromatic carboxylic acids is 1. The monoisotopic (exact) mass is 213 g/mol. The lowest BCUT2D eigenvalue weighted by Gasteiger charge is -2.03. The van der Waals surface area contributed by atoms with Gasteiger partial charge in [-0.1, -0.05) is 6.07 Å². The van der Waals surface area contributed by atoms with E-state index in [0.29, 0.717) is 5.56 Å². The topological polar surface area (TPSA) is 80.4 Å². The highest BCUT2D eigenvalue weighted by molar-refractivity contribution is 7.80. The van der Waals surface area contributed by atoms with Crippen LogP contribution in [0.4, 0.5) is 5.69 Å². The molecule has 1 rings (SSSR count). The smallest absolute Gasteiger partial charge is 0.342 e. The van der Waals surface area contributed by atoms with Gasteiger partial charge in [0.05, 0.1) is 9.82 Å². The molecule has 0 heterocycles. The third-order valence-electron chi connectivity index (χ3n) is 1.77. The van der Waals surface area contributed by atoms with Gasteiger partial charge in [0.25, 0.3) is 5.69 Å². The summed E-state index contributed by atoms with van der Waals surface area (Å²) in [4.78, 5) is 20.6. The highest BCUT2D eigenvalue weighted by Gasteiger charge is 2.23. The number of hydrogen-bond acceptors (Lipinski definition) is 4. The number of benzene rings is 1. The predicted molar refractivity (Wildman–Crippen MR) is 52.0 cm³/mol. The third-order valence-corrected chi connectivity index (χ3v) is 2.33. The normalized spacial score (nSPS) is 9.86. The molecule has 0 saturated carbocycles. The minimum atomic E-state index is -1.33. The maximum atomic E-state index is 10.7. The fraction of sp³-hybridized carbons (Fsp3) is 0.125. The summed E-state index contributed by atoms with van der Waals surface area (Å²) >= 11 is 3.91. The fourth-order valence-corrected chi connectivity index (χ4v) is 1.31. The molecule has 0 aliphatic carbocycles. The Morgan fingerprint density at radius 2 is 2.14 bits per heavy atom. The van der Waals surface area contributed by atoms with Crippen LogP contribution in [0, 0.1) is 17.0 Å².